The molecule has 2 heterocycles. The highest BCUT2D eigenvalue weighted by molar-refractivity contribution is 5.03. The summed E-state index contributed by atoms with van der Waals surface area (Å²) in [6, 6.07) is 0. The molecule has 2 rings (SSSR count). The number of nitrogens with zero attached hydrogens (tertiary/aromatic N) is 3. The van der Waals surface area contributed by atoms with Gasteiger partial charge in [-0.05, 0) is 26.7 Å². The molecular formula is C18H33N3. The molecule has 120 valence electrons. The maximum absolute atomic E-state index is 3.31. The van der Waals surface area contributed by atoms with Gasteiger partial charge >= 0.3 is 0 Å². The highest BCUT2D eigenvalue weighted by Crippen LogP contribution is 2.26. The van der Waals surface area contributed by atoms with E-state index in [4.69, 9.17) is 0 Å². The van der Waals surface area contributed by atoms with E-state index < -0.39 is 0 Å². The third-order valence-electron chi connectivity index (χ3n) is 4.58. The lowest BCUT2D eigenvalue weighted by Crippen LogP contribution is -2.59. The quantitative estimate of drug-likeness (QED) is 0.736. The second kappa shape index (κ2) is 7.13. The average molecular weight is 291 g/mol. The van der Waals surface area contributed by atoms with Crippen LogP contribution in [0.4, 0.5) is 0 Å². The molecule has 2 fully saturated rings. The summed E-state index contributed by atoms with van der Waals surface area (Å²) in [7, 11) is 0. The Bertz CT molecular complexity index is 371. The van der Waals surface area contributed by atoms with Gasteiger partial charge in [-0.2, -0.15) is 0 Å². The highest BCUT2D eigenvalue weighted by Gasteiger charge is 2.35. The van der Waals surface area contributed by atoms with E-state index in [0.717, 1.165) is 12.5 Å². The lowest BCUT2D eigenvalue weighted by Gasteiger charge is -2.49. The minimum absolute atomic E-state index is 0.351. The fraction of sp³-hybridized carbons (Fsp3) is 0.889. The Morgan fingerprint density at radius 1 is 1.00 bits per heavy atom. The molecule has 2 aliphatic rings. The lowest BCUT2D eigenvalue weighted by molar-refractivity contribution is -0.00804. The number of likely N-dealkylation sites (tertiary alicyclic amines) is 1. The summed E-state index contributed by atoms with van der Waals surface area (Å²) in [5.74, 6) is 7.95. The van der Waals surface area contributed by atoms with Gasteiger partial charge in [0, 0.05) is 57.3 Å². The van der Waals surface area contributed by atoms with Crippen LogP contribution in [0.15, 0.2) is 0 Å². The van der Waals surface area contributed by atoms with Gasteiger partial charge in [-0.1, -0.05) is 25.7 Å². The predicted octanol–water partition coefficient (Wildman–Crippen LogP) is 1.99. The zero-order valence-electron chi connectivity index (χ0n) is 14.7. The normalized spacial score (nSPS) is 23.0. The van der Waals surface area contributed by atoms with Crippen LogP contribution >= 0.6 is 0 Å². The van der Waals surface area contributed by atoms with E-state index in [0.29, 0.717) is 11.5 Å². The Morgan fingerprint density at radius 3 is 2.10 bits per heavy atom. The fourth-order valence-electron chi connectivity index (χ4n) is 3.09. The molecule has 0 radical (unpaired) electrons. The SMILES string of the molecule is CC(C)C#CCN1CCN(CC2CN(C(C)(C)C)C2)CC1. The first kappa shape index (κ1) is 16.8. The number of rotatable bonds is 3. The average Bonchev–Trinajstić information content (AvgIpc) is 2.33. The zero-order chi connectivity index (χ0) is 15.5. The molecule has 0 bridgehead atoms. The molecule has 0 aromatic heterocycles. The van der Waals surface area contributed by atoms with Crippen LogP contribution < -0.4 is 0 Å². The molecule has 0 spiro atoms. The third kappa shape index (κ3) is 5.29. The summed E-state index contributed by atoms with van der Waals surface area (Å²) < 4.78 is 0. The van der Waals surface area contributed by atoms with Gasteiger partial charge in [-0.15, -0.1) is 0 Å². The second-order valence-electron chi connectivity index (χ2n) is 7.99. The van der Waals surface area contributed by atoms with E-state index in [-0.39, 0.29) is 0 Å². The van der Waals surface area contributed by atoms with Crippen molar-refractivity contribution in [2.45, 2.75) is 40.2 Å². The van der Waals surface area contributed by atoms with E-state index in [1.165, 1.54) is 45.8 Å². The molecule has 3 nitrogen and oxygen atoms in total. The number of hydrogen-bond acceptors (Lipinski definition) is 3. The molecule has 0 aromatic carbocycles. The van der Waals surface area contributed by atoms with Crippen molar-refractivity contribution in [3.05, 3.63) is 0 Å². The molecule has 0 saturated carbocycles. The zero-order valence-corrected chi connectivity index (χ0v) is 14.7. The van der Waals surface area contributed by atoms with Gasteiger partial charge in [-0.25, -0.2) is 0 Å². The van der Waals surface area contributed by atoms with Gasteiger partial charge < -0.3 is 4.90 Å². The summed E-state index contributed by atoms with van der Waals surface area (Å²) in [4.78, 5) is 7.74. The maximum Gasteiger partial charge on any atom is 0.0602 e. The summed E-state index contributed by atoms with van der Waals surface area (Å²) in [5, 5.41) is 0. The van der Waals surface area contributed by atoms with Crippen molar-refractivity contribution in [3.8, 4) is 11.8 Å². The Kier molecular flexibility index (Phi) is 5.71. The van der Waals surface area contributed by atoms with Gasteiger partial charge in [0.15, 0.2) is 0 Å². The summed E-state index contributed by atoms with van der Waals surface area (Å²) >= 11 is 0. The van der Waals surface area contributed by atoms with Gasteiger partial charge in [0.2, 0.25) is 0 Å². The van der Waals surface area contributed by atoms with Crippen molar-refractivity contribution in [2.75, 3.05) is 52.4 Å². The Morgan fingerprint density at radius 2 is 1.57 bits per heavy atom. The third-order valence-corrected chi connectivity index (χ3v) is 4.58. The van der Waals surface area contributed by atoms with Crippen LogP contribution in [0.2, 0.25) is 0 Å². The first-order valence-electron chi connectivity index (χ1n) is 8.53. The van der Waals surface area contributed by atoms with Crippen molar-refractivity contribution >= 4 is 0 Å². The van der Waals surface area contributed by atoms with Crippen molar-refractivity contribution < 1.29 is 0 Å². The van der Waals surface area contributed by atoms with E-state index in [2.05, 4.69) is 61.2 Å². The maximum atomic E-state index is 3.31. The number of hydrogen-bond donors (Lipinski definition) is 0. The molecule has 2 saturated heterocycles. The van der Waals surface area contributed by atoms with Crippen LogP contribution in [-0.2, 0) is 0 Å². The standard InChI is InChI=1S/C18H33N3/c1-16(2)7-6-8-19-9-11-20(12-10-19)13-17-14-21(15-17)18(3,4)5/h16-17H,8-15H2,1-5H3. The highest BCUT2D eigenvalue weighted by atomic mass is 15.3. The van der Waals surface area contributed by atoms with Crippen LogP contribution in [0.1, 0.15) is 34.6 Å². The molecule has 21 heavy (non-hydrogen) atoms. The summed E-state index contributed by atoms with van der Waals surface area (Å²) in [5.41, 5.74) is 0.351. The van der Waals surface area contributed by atoms with Crippen molar-refractivity contribution in [1.82, 2.24) is 14.7 Å². The molecule has 0 amide bonds. The number of piperazine rings is 1. The lowest BCUT2D eigenvalue weighted by atomic mass is 9.92. The molecule has 0 unspecified atom stereocenters. The van der Waals surface area contributed by atoms with Crippen LogP contribution in [-0.4, -0.2) is 72.6 Å². The molecule has 0 N–H and O–H groups in total. The van der Waals surface area contributed by atoms with Gasteiger partial charge in [-0.3, -0.25) is 9.80 Å². The second-order valence-corrected chi connectivity index (χ2v) is 7.99. The van der Waals surface area contributed by atoms with Crippen molar-refractivity contribution in [2.24, 2.45) is 11.8 Å². The van der Waals surface area contributed by atoms with Crippen molar-refractivity contribution in [3.63, 3.8) is 0 Å². The topological polar surface area (TPSA) is 9.72 Å². The Labute approximate surface area is 131 Å². The van der Waals surface area contributed by atoms with Crippen LogP contribution in [0.5, 0.6) is 0 Å². The van der Waals surface area contributed by atoms with E-state index in [1.807, 2.05) is 0 Å². The van der Waals surface area contributed by atoms with Crippen LogP contribution in [0, 0.1) is 23.7 Å². The van der Waals surface area contributed by atoms with Crippen LogP contribution in [0.25, 0.3) is 0 Å². The first-order valence-corrected chi connectivity index (χ1v) is 8.53. The molecular weight excluding hydrogens is 258 g/mol. The van der Waals surface area contributed by atoms with E-state index in [1.54, 1.807) is 0 Å². The summed E-state index contributed by atoms with van der Waals surface area (Å²) in [6.45, 7) is 20.9. The van der Waals surface area contributed by atoms with Crippen molar-refractivity contribution in [1.29, 1.82) is 0 Å². The van der Waals surface area contributed by atoms with Crippen LogP contribution in [0.3, 0.4) is 0 Å². The monoisotopic (exact) mass is 291 g/mol. The largest absolute Gasteiger partial charge is 0.300 e. The van der Waals surface area contributed by atoms with Gasteiger partial charge in [0.05, 0.1) is 6.54 Å². The molecule has 0 atom stereocenters. The Balaban J connectivity index is 1.61. The van der Waals surface area contributed by atoms with Gasteiger partial charge in [0.1, 0.15) is 0 Å². The minimum Gasteiger partial charge on any atom is -0.300 e. The predicted molar refractivity (Wildman–Crippen MR) is 90.3 cm³/mol. The molecule has 0 aromatic rings. The van der Waals surface area contributed by atoms with E-state index in [9.17, 15) is 0 Å². The molecule has 2 aliphatic heterocycles. The Hall–Kier alpha value is -0.560. The minimum atomic E-state index is 0.351. The first-order chi connectivity index (χ1) is 9.84. The van der Waals surface area contributed by atoms with Gasteiger partial charge in [0.25, 0.3) is 0 Å². The fourth-order valence-corrected chi connectivity index (χ4v) is 3.09. The van der Waals surface area contributed by atoms with E-state index >= 15 is 0 Å². The summed E-state index contributed by atoms with van der Waals surface area (Å²) in [6.07, 6.45) is 0. The molecule has 0 aliphatic carbocycles. The smallest absolute Gasteiger partial charge is 0.0602 e. The molecule has 3 heteroatoms.